The molecule has 0 amide bonds. The molecule has 0 radical (unpaired) electrons. The molecule has 0 unspecified atom stereocenters. The van der Waals surface area contributed by atoms with Crippen LogP contribution in [0.25, 0.3) is 0 Å². The first-order chi connectivity index (χ1) is 9.29. The number of hydrogen-bond acceptors (Lipinski definition) is 4. The molecule has 5 heteroatoms. The zero-order valence-corrected chi connectivity index (χ0v) is 12.1. The second-order valence-corrected chi connectivity index (χ2v) is 5.13. The van der Waals surface area contributed by atoms with Crippen LogP contribution < -0.4 is 10.1 Å². The predicted molar refractivity (Wildman–Crippen MR) is 75.7 cm³/mol. The molecule has 1 aromatic rings. The summed E-state index contributed by atoms with van der Waals surface area (Å²) in [6, 6.07) is 3.68. The van der Waals surface area contributed by atoms with Crippen molar-refractivity contribution in [2.24, 2.45) is 5.92 Å². The number of hydrogen-bond donors (Lipinski definition) is 1. The van der Waals surface area contributed by atoms with E-state index in [-0.39, 0.29) is 0 Å². The van der Waals surface area contributed by atoms with Gasteiger partial charge in [0.15, 0.2) is 0 Å². The Labute approximate surface area is 119 Å². The standard InChI is InChI=1S/C14H21ClN2O2/c1-2-16-9-13-12(15)3-4-14(17-13)19-10-11-5-7-18-8-6-11/h3-4,11,16H,2,5-10H2,1H3. The molecular formula is C14H21ClN2O2. The number of halogens is 1. The maximum atomic E-state index is 6.11. The first kappa shape index (κ1) is 14.6. The molecule has 2 heterocycles. The quantitative estimate of drug-likeness (QED) is 0.872. The fourth-order valence-electron chi connectivity index (χ4n) is 2.03. The molecule has 0 spiro atoms. The summed E-state index contributed by atoms with van der Waals surface area (Å²) < 4.78 is 11.1. The van der Waals surface area contributed by atoms with Crippen molar-refractivity contribution in [3.05, 3.63) is 22.8 Å². The Morgan fingerprint density at radius 1 is 1.42 bits per heavy atom. The predicted octanol–water partition coefficient (Wildman–Crippen LogP) is 2.65. The average molecular weight is 285 g/mol. The monoisotopic (exact) mass is 284 g/mol. The lowest BCUT2D eigenvalue weighted by Crippen LogP contribution is -2.22. The van der Waals surface area contributed by atoms with Crippen LogP contribution >= 0.6 is 11.6 Å². The molecule has 0 aromatic carbocycles. The molecule has 106 valence electrons. The van der Waals surface area contributed by atoms with Crippen molar-refractivity contribution in [1.82, 2.24) is 10.3 Å². The van der Waals surface area contributed by atoms with E-state index in [1.54, 1.807) is 0 Å². The topological polar surface area (TPSA) is 43.4 Å². The van der Waals surface area contributed by atoms with Crippen LogP contribution in [0.1, 0.15) is 25.5 Å². The number of ether oxygens (including phenoxy) is 2. The van der Waals surface area contributed by atoms with Crippen molar-refractivity contribution < 1.29 is 9.47 Å². The van der Waals surface area contributed by atoms with Gasteiger partial charge in [0.2, 0.25) is 5.88 Å². The summed E-state index contributed by atoms with van der Waals surface area (Å²) in [6.07, 6.45) is 2.13. The minimum atomic E-state index is 0.573. The number of rotatable bonds is 6. The van der Waals surface area contributed by atoms with Gasteiger partial charge in [-0.2, -0.15) is 0 Å². The van der Waals surface area contributed by atoms with Crippen molar-refractivity contribution >= 4 is 11.6 Å². The van der Waals surface area contributed by atoms with Crippen molar-refractivity contribution in [3.8, 4) is 5.88 Å². The highest BCUT2D eigenvalue weighted by molar-refractivity contribution is 6.31. The second-order valence-electron chi connectivity index (χ2n) is 4.73. The van der Waals surface area contributed by atoms with Crippen molar-refractivity contribution in [1.29, 1.82) is 0 Å². The highest BCUT2D eigenvalue weighted by atomic mass is 35.5. The van der Waals surface area contributed by atoms with Gasteiger partial charge in [-0.05, 0) is 31.4 Å². The summed E-state index contributed by atoms with van der Waals surface area (Å²) in [6.45, 7) is 6.01. The fourth-order valence-corrected chi connectivity index (χ4v) is 2.20. The SMILES string of the molecule is CCNCc1nc(OCC2CCOCC2)ccc1Cl. The Hall–Kier alpha value is -0.840. The molecule has 0 atom stereocenters. The zero-order valence-electron chi connectivity index (χ0n) is 11.3. The summed E-state index contributed by atoms with van der Waals surface area (Å²) in [5.74, 6) is 1.23. The Morgan fingerprint density at radius 3 is 2.95 bits per heavy atom. The largest absolute Gasteiger partial charge is 0.477 e. The van der Waals surface area contributed by atoms with E-state index < -0.39 is 0 Å². The Morgan fingerprint density at radius 2 is 2.21 bits per heavy atom. The lowest BCUT2D eigenvalue weighted by molar-refractivity contribution is 0.0490. The molecule has 1 saturated heterocycles. The molecular weight excluding hydrogens is 264 g/mol. The molecule has 1 N–H and O–H groups in total. The highest BCUT2D eigenvalue weighted by Crippen LogP contribution is 2.20. The van der Waals surface area contributed by atoms with Gasteiger partial charge in [-0.3, -0.25) is 0 Å². The van der Waals surface area contributed by atoms with E-state index in [2.05, 4.69) is 17.2 Å². The fraction of sp³-hybridized carbons (Fsp3) is 0.643. The van der Waals surface area contributed by atoms with Crippen LogP contribution in [-0.2, 0) is 11.3 Å². The Balaban J connectivity index is 1.88. The molecule has 1 aliphatic heterocycles. The molecule has 1 aliphatic rings. The summed E-state index contributed by atoms with van der Waals surface area (Å²) in [5, 5.41) is 3.90. The lowest BCUT2D eigenvalue weighted by atomic mass is 10.0. The minimum absolute atomic E-state index is 0.573. The van der Waals surface area contributed by atoms with Crippen molar-refractivity contribution in [3.63, 3.8) is 0 Å². The molecule has 1 aromatic heterocycles. The van der Waals surface area contributed by atoms with Gasteiger partial charge in [0.25, 0.3) is 0 Å². The minimum Gasteiger partial charge on any atom is -0.477 e. The number of aromatic nitrogens is 1. The Kier molecular flexibility index (Phi) is 5.89. The molecule has 0 aliphatic carbocycles. The smallest absolute Gasteiger partial charge is 0.213 e. The summed E-state index contributed by atoms with van der Waals surface area (Å²) >= 11 is 6.11. The normalized spacial score (nSPS) is 16.5. The van der Waals surface area contributed by atoms with Gasteiger partial charge in [0.1, 0.15) is 0 Å². The van der Waals surface area contributed by atoms with Crippen molar-refractivity contribution in [2.75, 3.05) is 26.4 Å². The van der Waals surface area contributed by atoms with Gasteiger partial charge < -0.3 is 14.8 Å². The van der Waals surface area contributed by atoms with E-state index >= 15 is 0 Å². The van der Waals surface area contributed by atoms with Gasteiger partial charge in [0, 0.05) is 25.8 Å². The highest BCUT2D eigenvalue weighted by Gasteiger charge is 2.15. The van der Waals surface area contributed by atoms with E-state index in [0.717, 1.165) is 38.3 Å². The average Bonchev–Trinajstić information content (AvgIpc) is 2.46. The molecule has 4 nitrogen and oxygen atoms in total. The molecule has 0 saturated carbocycles. The van der Waals surface area contributed by atoms with Gasteiger partial charge in [-0.25, -0.2) is 4.98 Å². The van der Waals surface area contributed by atoms with E-state index in [0.29, 0.717) is 30.0 Å². The van der Waals surface area contributed by atoms with E-state index in [9.17, 15) is 0 Å². The second kappa shape index (κ2) is 7.68. The van der Waals surface area contributed by atoms with Crippen LogP contribution in [-0.4, -0.2) is 31.3 Å². The van der Waals surface area contributed by atoms with Crippen molar-refractivity contribution in [2.45, 2.75) is 26.3 Å². The summed E-state index contributed by atoms with van der Waals surface area (Å²) in [7, 11) is 0. The van der Waals surface area contributed by atoms with Crippen LogP contribution in [0, 0.1) is 5.92 Å². The van der Waals surface area contributed by atoms with Crippen LogP contribution in [0.3, 0.4) is 0 Å². The van der Waals surface area contributed by atoms with E-state index in [1.165, 1.54) is 0 Å². The van der Waals surface area contributed by atoms with E-state index in [4.69, 9.17) is 21.1 Å². The first-order valence-corrected chi connectivity index (χ1v) is 7.24. The van der Waals surface area contributed by atoms with Gasteiger partial charge in [-0.1, -0.05) is 18.5 Å². The number of pyridine rings is 1. The molecule has 19 heavy (non-hydrogen) atoms. The van der Waals surface area contributed by atoms with Gasteiger partial charge in [-0.15, -0.1) is 0 Å². The van der Waals surface area contributed by atoms with Crippen LogP contribution in [0.5, 0.6) is 5.88 Å². The maximum Gasteiger partial charge on any atom is 0.213 e. The maximum absolute atomic E-state index is 6.11. The zero-order chi connectivity index (χ0) is 13.5. The van der Waals surface area contributed by atoms with Gasteiger partial charge in [0.05, 0.1) is 17.3 Å². The molecule has 0 bridgehead atoms. The summed E-state index contributed by atoms with van der Waals surface area (Å²) in [5.41, 5.74) is 0.841. The lowest BCUT2D eigenvalue weighted by Gasteiger charge is -2.21. The van der Waals surface area contributed by atoms with Crippen LogP contribution in [0.4, 0.5) is 0 Å². The number of nitrogens with zero attached hydrogens (tertiary/aromatic N) is 1. The third-order valence-electron chi connectivity index (χ3n) is 3.24. The molecule has 2 rings (SSSR count). The Bertz CT molecular complexity index is 395. The van der Waals surface area contributed by atoms with Crippen LogP contribution in [0.2, 0.25) is 5.02 Å². The van der Waals surface area contributed by atoms with E-state index in [1.807, 2.05) is 12.1 Å². The third-order valence-corrected chi connectivity index (χ3v) is 3.59. The first-order valence-electron chi connectivity index (χ1n) is 6.86. The number of nitrogens with one attached hydrogen (secondary N) is 1. The van der Waals surface area contributed by atoms with Crippen LogP contribution in [0.15, 0.2) is 12.1 Å². The summed E-state index contributed by atoms with van der Waals surface area (Å²) in [4.78, 5) is 4.45. The third kappa shape index (κ3) is 4.64. The molecule has 1 fully saturated rings. The van der Waals surface area contributed by atoms with Gasteiger partial charge >= 0.3 is 0 Å².